The Morgan fingerprint density at radius 1 is 1.25 bits per heavy atom. The van der Waals surface area contributed by atoms with Crippen LogP contribution in [-0.4, -0.2) is 66.0 Å². The van der Waals surface area contributed by atoms with Gasteiger partial charge in [-0.2, -0.15) is 0 Å². The zero-order chi connectivity index (χ0) is 14.8. The Hall–Kier alpha value is -1.14. The van der Waals surface area contributed by atoms with Crippen molar-refractivity contribution in [2.24, 2.45) is 5.73 Å². The van der Waals surface area contributed by atoms with Gasteiger partial charge in [-0.15, -0.1) is 0 Å². The number of carbonyl (C=O) groups is 2. The molecule has 6 heteroatoms. The lowest BCUT2D eigenvalue weighted by molar-refractivity contribution is -0.147. The van der Waals surface area contributed by atoms with E-state index in [0.29, 0.717) is 39.2 Å². The SMILES string of the molecule is CCC(C)(N)C(=O)N1CCN(C(=O)C2CCCO2)CC1. The zero-order valence-corrected chi connectivity index (χ0v) is 12.4. The molecule has 0 radical (unpaired) electrons. The van der Waals surface area contributed by atoms with Crippen molar-refractivity contribution in [2.75, 3.05) is 32.8 Å². The van der Waals surface area contributed by atoms with Crippen molar-refractivity contribution in [3.8, 4) is 0 Å². The molecule has 2 heterocycles. The molecule has 2 rings (SSSR count). The molecule has 2 unspecified atom stereocenters. The van der Waals surface area contributed by atoms with E-state index < -0.39 is 5.54 Å². The molecule has 0 spiro atoms. The van der Waals surface area contributed by atoms with Crippen molar-refractivity contribution in [3.05, 3.63) is 0 Å². The molecule has 6 nitrogen and oxygen atoms in total. The molecule has 114 valence electrons. The Balaban J connectivity index is 1.86. The number of carbonyl (C=O) groups excluding carboxylic acids is 2. The molecular formula is C14H25N3O3. The minimum absolute atomic E-state index is 0.0239. The normalized spacial score (nSPS) is 26.4. The van der Waals surface area contributed by atoms with E-state index in [1.807, 2.05) is 6.92 Å². The average Bonchev–Trinajstić information content (AvgIpc) is 3.00. The quantitative estimate of drug-likeness (QED) is 0.789. The number of hydrogen-bond acceptors (Lipinski definition) is 4. The molecule has 2 N–H and O–H groups in total. The van der Waals surface area contributed by atoms with Gasteiger partial charge in [0.25, 0.3) is 5.91 Å². The predicted octanol–water partition coefficient (Wildman–Crippen LogP) is -0.0364. The second kappa shape index (κ2) is 6.10. The molecule has 2 atom stereocenters. The maximum Gasteiger partial charge on any atom is 0.251 e. The first-order valence-corrected chi connectivity index (χ1v) is 7.44. The highest BCUT2D eigenvalue weighted by Crippen LogP contribution is 2.17. The van der Waals surface area contributed by atoms with Gasteiger partial charge in [-0.3, -0.25) is 9.59 Å². The molecule has 0 saturated carbocycles. The number of rotatable bonds is 3. The van der Waals surface area contributed by atoms with Crippen molar-refractivity contribution < 1.29 is 14.3 Å². The molecular weight excluding hydrogens is 258 g/mol. The molecule has 2 saturated heterocycles. The minimum atomic E-state index is -0.805. The van der Waals surface area contributed by atoms with Gasteiger partial charge in [-0.25, -0.2) is 0 Å². The van der Waals surface area contributed by atoms with E-state index in [9.17, 15) is 9.59 Å². The van der Waals surface area contributed by atoms with E-state index in [1.54, 1.807) is 16.7 Å². The fourth-order valence-electron chi connectivity index (χ4n) is 2.62. The number of amides is 2. The van der Waals surface area contributed by atoms with Gasteiger partial charge in [-0.1, -0.05) is 6.92 Å². The van der Waals surface area contributed by atoms with Gasteiger partial charge in [0.05, 0.1) is 5.54 Å². The van der Waals surface area contributed by atoms with Gasteiger partial charge < -0.3 is 20.3 Å². The average molecular weight is 283 g/mol. The van der Waals surface area contributed by atoms with E-state index in [-0.39, 0.29) is 17.9 Å². The topological polar surface area (TPSA) is 75.9 Å². The molecule has 0 aliphatic carbocycles. The Morgan fingerprint density at radius 2 is 1.85 bits per heavy atom. The van der Waals surface area contributed by atoms with Crippen molar-refractivity contribution in [3.63, 3.8) is 0 Å². The Labute approximate surface area is 120 Å². The van der Waals surface area contributed by atoms with E-state index >= 15 is 0 Å². The second-order valence-corrected chi connectivity index (χ2v) is 5.89. The summed E-state index contributed by atoms with van der Waals surface area (Å²) in [6.07, 6.45) is 2.11. The molecule has 0 aromatic rings. The summed E-state index contributed by atoms with van der Waals surface area (Å²) in [5, 5.41) is 0. The summed E-state index contributed by atoms with van der Waals surface area (Å²) >= 11 is 0. The zero-order valence-electron chi connectivity index (χ0n) is 12.4. The van der Waals surface area contributed by atoms with Gasteiger partial charge in [0.1, 0.15) is 6.10 Å². The largest absolute Gasteiger partial charge is 0.368 e. The van der Waals surface area contributed by atoms with Crippen LogP contribution in [0.25, 0.3) is 0 Å². The Morgan fingerprint density at radius 3 is 2.35 bits per heavy atom. The first kappa shape index (κ1) is 15.3. The molecule has 0 aromatic carbocycles. The predicted molar refractivity (Wildman–Crippen MR) is 75.0 cm³/mol. The molecule has 2 aliphatic rings. The minimum Gasteiger partial charge on any atom is -0.368 e. The van der Waals surface area contributed by atoms with Gasteiger partial charge >= 0.3 is 0 Å². The standard InChI is InChI=1S/C14H25N3O3/c1-3-14(2,15)13(19)17-8-6-16(7-9-17)12(18)11-5-4-10-20-11/h11H,3-10,15H2,1-2H3. The lowest BCUT2D eigenvalue weighted by atomic mass is 9.98. The molecule has 2 amide bonds. The van der Waals surface area contributed by atoms with Gasteiger partial charge in [0.2, 0.25) is 5.91 Å². The summed E-state index contributed by atoms with van der Waals surface area (Å²) in [5.41, 5.74) is 5.19. The lowest BCUT2D eigenvalue weighted by Crippen LogP contribution is -2.59. The highest BCUT2D eigenvalue weighted by Gasteiger charge is 2.35. The van der Waals surface area contributed by atoms with Crippen molar-refractivity contribution in [1.29, 1.82) is 0 Å². The van der Waals surface area contributed by atoms with E-state index in [2.05, 4.69) is 0 Å². The molecule has 0 aromatic heterocycles. The van der Waals surface area contributed by atoms with Crippen LogP contribution in [0.2, 0.25) is 0 Å². The third kappa shape index (κ3) is 3.12. The number of piperazine rings is 1. The fraction of sp³-hybridized carbons (Fsp3) is 0.857. The van der Waals surface area contributed by atoms with E-state index in [1.165, 1.54) is 0 Å². The van der Waals surface area contributed by atoms with Crippen LogP contribution in [0.1, 0.15) is 33.1 Å². The summed E-state index contributed by atoms with van der Waals surface area (Å²) in [4.78, 5) is 28.0. The first-order valence-electron chi connectivity index (χ1n) is 7.44. The van der Waals surface area contributed by atoms with Gasteiger partial charge in [-0.05, 0) is 26.2 Å². The number of nitrogens with two attached hydrogens (primary N) is 1. The second-order valence-electron chi connectivity index (χ2n) is 5.89. The summed E-state index contributed by atoms with van der Waals surface area (Å²) in [7, 11) is 0. The molecule has 0 bridgehead atoms. The van der Waals surface area contributed by atoms with Gasteiger partial charge in [0.15, 0.2) is 0 Å². The highest BCUT2D eigenvalue weighted by atomic mass is 16.5. The molecule has 2 fully saturated rings. The van der Waals surface area contributed by atoms with Crippen LogP contribution in [-0.2, 0) is 14.3 Å². The highest BCUT2D eigenvalue weighted by molar-refractivity contribution is 5.86. The van der Waals surface area contributed by atoms with E-state index in [0.717, 1.165) is 12.8 Å². The number of hydrogen-bond donors (Lipinski definition) is 1. The van der Waals surface area contributed by atoms with E-state index in [4.69, 9.17) is 10.5 Å². The third-order valence-corrected chi connectivity index (χ3v) is 4.31. The monoisotopic (exact) mass is 283 g/mol. The van der Waals surface area contributed by atoms with Crippen molar-refractivity contribution >= 4 is 11.8 Å². The van der Waals surface area contributed by atoms with Crippen LogP contribution < -0.4 is 5.73 Å². The van der Waals surface area contributed by atoms with Crippen molar-refractivity contribution in [2.45, 2.75) is 44.8 Å². The maximum atomic E-state index is 12.3. The van der Waals surface area contributed by atoms with Crippen molar-refractivity contribution in [1.82, 2.24) is 9.80 Å². The van der Waals surface area contributed by atoms with Crippen LogP contribution in [0, 0.1) is 0 Å². The number of nitrogens with zero attached hydrogens (tertiary/aromatic N) is 2. The first-order chi connectivity index (χ1) is 9.45. The molecule has 2 aliphatic heterocycles. The maximum absolute atomic E-state index is 12.3. The Kier molecular flexibility index (Phi) is 4.65. The third-order valence-electron chi connectivity index (χ3n) is 4.31. The number of ether oxygens (including phenoxy) is 1. The summed E-state index contributed by atoms with van der Waals surface area (Å²) < 4.78 is 5.42. The molecule has 20 heavy (non-hydrogen) atoms. The van der Waals surface area contributed by atoms with Crippen LogP contribution >= 0.6 is 0 Å². The van der Waals surface area contributed by atoms with Crippen LogP contribution in [0.5, 0.6) is 0 Å². The lowest BCUT2D eigenvalue weighted by Gasteiger charge is -2.38. The Bertz CT molecular complexity index is 370. The van der Waals surface area contributed by atoms with Gasteiger partial charge in [0, 0.05) is 32.8 Å². The summed E-state index contributed by atoms with van der Waals surface area (Å²) in [6, 6.07) is 0. The summed E-state index contributed by atoms with van der Waals surface area (Å²) in [6.45, 7) is 6.62. The smallest absolute Gasteiger partial charge is 0.251 e. The van der Waals surface area contributed by atoms with Crippen LogP contribution in [0.4, 0.5) is 0 Å². The summed E-state index contributed by atoms with van der Waals surface area (Å²) in [5.74, 6) is 0.0461. The van der Waals surface area contributed by atoms with Crippen LogP contribution in [0.3, 0.4) is 0 Å². The van der Waals surface area contributed by atoms with Crippen LogP contribution in [0.15, 0.2) is 0 Å². The fourth-order valence-corrected chi connectivity index (χ4v) is 2.62.